The maximum atomic E-state index is 11.8. The van der Waals surface area contributed by atoms with Crippen LogP contribution in [0.4, 0.5) is 0 Å². The molecule has 0 unspecified atom stereocenters. The fourth-order valence-electron chi connectivity index (χ4n) is 1.91. The number of carboxylic acids is 1. The van der Waals surface area contributed by atoms with Gasteiger partial charge in [0, 0.05) is 6.42 Å². The number of aliphatic carboxylic acids is 1. The molecule has 0 aromatic heterocycles. The predicted molar refractivity (Wildman–Crippen MR) is 81.4 cm³/mol. The van der Waals surface area contributed by atoms with Gasteiger partial charge in [-0.2, -0.15) is 11.8 Å². The number of hydrogen-bond donors (Lipinski definition) is 3. The first-order valence-electron chi connectivity index (χ1n) is 6.92. The van der Waals surface area contributed by atoms with Gasteiger partial charge in [0.1, 0.15) is 11.8 Å². The topological polar surface area (TPSA) is 86.6 Å². The number of aromatic hydroxyl groups is 1. The molecule has 0 spiro atoms. The molecule has 0 aliphatic heterocycles. The van der Waals surface area contributed by atoms with Gasteiger partial charge in [0.25, 0.3) is 0 Å². The van der Waals surface area contributed by atoms with E-state index in [0.717, 1.165) is 17.2 Å². The number of benzene rings is 1. The van der Waals surface area contributed by atoms with E-state index >= 15 is 0 Å². The molecule has 1 amide bonds. The Morgan fingerprint density at radius 1 is 1.29 bits per heavy atom. The summed E-state index contributed by atoms with van der Waals surface area (Å²) in [5, 5.41) is 20.9. The molecule has 114 valence electrons. The third-order valence-corrected chi connectivity index (χ3v) is 4.47. The number of carboxylic acid groups (broad SMARTS) is 1. The molecule has 6 heteroatoms. The van der Waals surface area contributed by atoms with Crippen molar-refractivity contribution < 1.29 is 19.8 Å². The molecule has 5 nitrogen and oxygen atoms in total. The van der Waals surface area contributed by atoms with Crippen molar-refractivity contribution in [3.05, 3.63) is 29.8 Å². The summed E-state index contributed by atoms with van der Waals surface area (Å²) in [6.45, 7) is 0. The lowest BCUT2D eigenvalue weighted by Crippen LogP contribution is -2.43. The second kappa shape index (κ2) is 7.36. The van der Waals surface area contributed by atoms with E-state index in [0.29, 0.717) is 5.75 Å². The molecular formula is C15H19NO4S. The van der Waals surface area contributed by atoms with E-state index < -0.39 is 12.0 Å². The lowest BCUT2D eigenvalue weighted by Gasteiger charge is -2.14. The minimum Gasteiger partial charge on any atom is -0.508 e. The van der Waals surface area contributed by atoms with Gasteiger partial charge in [-0.05, 0) is 42.2 Å². The molecule has 1 saturated carbocycles. The number of carbonyl (C=O) groups is 2. The summed E-state index contributed by atoms with van der Waals surface area (Å²) in [6.07, 6.45) is 2.69. The number of nitrogens with one attached hydrogen (secondary N) is 1. The molecular weight excluding hydrogens is 290 g/mol. The normalized spacial score (nSPS) is 15.4. The van der Waals surface area contributed by atoms with Gasteiger partial charge < -0.3 is 15.5 Å². The Morgan fingerprint density at radius 3 is 2.52 bits per heavy atom. The minimum atomic E-state index is -1.05. The standard InChI is InChI=1S/C15H19NO4S/c17-12-5-3-10(4-6-12)7-13(15(19)20)16-14(18)9-21-8-11-1-2-11/h3-6,11,13,17H,1-2,7-9H2,(H,16,18)(H,19,20)/t13-/m0/s1. The van der Waals surface area contributed by atoms with Crippen LogP contribution in [0.1, 0.15) is 18.4 Å². The monoisotopic (exact) mass is 309 g/mol. The van der Waals surface area contributed by atoms with Crippen molar-refractivity contribution in [2.24, 2.45) is 5.92 Å². The Bertz CT molecular complexity index is 499. The van der Waals surface area contributed by atoms with Crippen LogP contribution in [0, 0.1) is 5.92 Å². The van der Waals surface area contributed by atoms with Crippen LogP contribution in [0.2, 0.25) is 0 Å². The lowest BCUT2D eigenvalue weighted by atomic mass is 10.1. The van der Waals surface area contributed by atoms with Crippen molar-refractivity contribution in [3.8, 4) is 5.75 Å². The van der Waals surface area contributed by atoms with Crippen molar-refractivity contribution in [3.63, 3.8) is 0 Å². The van der Waals surface area contributed by atoms with E-state index in [4.69, 9.17) is 0 Å². The Balaban J connectivity index is 1.81. The van der Waals surface area contributed by atoms with Gasteiger partial charge in [-0.3, -0.25) is 4.79 Å². The number of hydrogen-bond acceptors (Lipinski definition) is 4. The molecule has 0 bridgehead atoms. The Labute approximate surface area is 127 Å². The highest BCUT2D eigenvalue weighted by Crippen LogP contribution is 2.32. The van der Waals surface area contributed by atoms with E-state index in [9.17, 15) is 19.8 Å². The second-order valence-electron chi connectivity index (χ2n) is 5.29. The van der Waals surface area contributed by atoms with Crippen molar-refractivity contribution in [1.29, 1.82) is 0 Å². The summed E-state index contributed by atoms with van der Waals surface area (Å²) in [5.41, 5.74) is 0.756. The van der Waals surface area contributed by atoms with Gasteiger partial charge in [-0.25, -0.2) is 4.79 Å². The first kappa shape index (κ1) is 15.7. The zero-order valence-electron chi connectivity index (χ0n) is 11.6. The van der Waals surface area contributed by atoms with Gasteiger partial charge in [-0.15, -0.1) is 0 Å². The number of phenols is 1. The van der Waals surface area contributed by atoms with Gasteiger partial charge in [-0.1, -0.05) is 12.1 Å². The van der Waals surface area contributed by atoms with Crippen LogP contribution < -0.4 is 5.32 Å². The van der Waals surface area contributed by atoms with Crippen molar-refractivity contribution in [2.45, 2.75) is 25.3 Å². The molecule has 0 saturated heterocycles. The summed E-state index contributed by atoms with van der Waals surface area (Å²) in [7, 11) is 0. The molecule has 1 aliphatic rings. The van der Waals surface area contributed by atoms with Crippen LogP contribution in [0.5, 0.6) is 5.75 Å². The molecule has 0 heterocycles. The predicted octanol–water partition coefficient (Wildman–Crippen LogP) is 1.65. The summed E-state index contributed by atoms with van der Waals surface area (Å²) in [4.78, 5) is 23.0. The van der Waals surface area contributed by atoms with Crippen LogP contribution in [0.15, 0.2) is 24.3 Å². The average Bonchev–Trinajstić information content (AvgIpc) is 3.24. The van der Waals surface area contributed by atoms with Crippen molar-refractivity contribution in [2.75, 3.05) is 11.5 Å². The minimum absolute atomic E-state index is 0.131. The average molecular weight is 309 g/mol. The third kappa shape index (κ3) is 5.67. The smallest absolute Gasteiger partial charge is 0.326 e. The summed E-state index contributed by atoms with van der Waals surface area (Å²) < 4.78 is 0. The molecule has 3 N–H and O–H groups in total. The lowest BCUT2D eigenvalue weighted by molar-refractivity contribution is -0.141. The third-order valence-electron chi connectivity index (χ3n) is 3.29. The highest BCUT2D eigenvalue weighted by atomic mass is 32.2. The zero-order valence-corrected chi connectivity index (χ0v) is 12.4. The number of carbonyl (C=O) groups excluding carboxylic acids is 1. The van der Waals surface area contributed by atoms with Gasteiger partial charge in [0.05, 0.1) is 5.75 Å². The number of rotatable bonds is 8. The summed E-state index contributed by atoms with van der Waals surface area (Å²) >= 11 is 1.56. The van der Waals surface area contributed by atoms with Gasteiger partial charge in [0.2, 0.25) is 5.91 Å². The fourth-order valence-corrected chi connectivity index (χ4v) is 2.96. The molecule has 1 aromatic carbocycles. The fraction of sp³-hybridized carbons (Fsp3) is 0.467. The maximum Gasteiger partial charge on any atom is 0.326 e. The highest BCUT2D eigenvalue weighted by Gasteiger charge is 2.23. The number of phenolic OH excluding ortho intramolecular Hbond substituents is 1. The Morgan fingerprint density at radius 2 is 1.95 bits per heavy atom. The van der Waals surface area contributed by atoms with E-state index in [1.54, 1.807) is 23.9 Å². The van der Waals surface area contributed by atoms with Gasteiger partial charge >= 0.3 is 5.97 Å². The van der Waals surface area contributed by atoms with Crippen LogP contribution in [-0.4, -0.2) is 39.6 Å². The summed E-state index contributed by atoms with van der Waals surface area (Å²) in [6, 6.07) is 5.37. The summed E-state index contributed by atoms with van der Waals surface area (Å²) in [5.74, 6) is 0.857. The first-order chi connectivity index (χ1) is 10.0. The molecule has 2 rings (SSSR count). The van der Waals surface area contributed by atoms with E-state index in [2.05, 4.69) is 5.32 Å². The molecule has 0 radical (unpaired) electrons. The highest BCUT2D eigenvalue weighted by molar-refractivity contribution is 7.99. The Hall–Kier alpha value is -1.69. The Kier molecular flexibility index (Phi) is 5.50. The molecule has 1 aromatic rings. The maximum absolute atomic E-state index is 11.8. The largest absolute Gasteiger partial charge is 0.508 e. The molecule has 1 fully saturated rings. The number of thioether (sulfide) groups is 1. The van der Waals surface area contributed by atoms with Crippen molar-refractivity contribution >= 4 is 23.6 Å². The zero-order chi connectivity index (χ0) is 15.2. The van der Waals surface area contributed by atoms with Crippen LogP contribution in [-0.2, 0) is 16.0 Å². The SMILES string of the molecule is O=C(CSCC1CC1)N[C@@H](Cc1ccc(O)cc1)C(=O)O. The second-order valence-corrected chi connectivity index (χ2v) is 6.32. The number of amides is 1. The van der Waals surface area contributed by atoms with E-state index in [-0.39, 0.29) is 18.1 Å². The van der Waals surface area contributed by atoms with Gasteiger partial charge in [0.15, 0.2) is 0 Å². The first-order valence-corrected chi connectivity index (χ1v) is 8.08. The van der Waals surface area contributed by atoms with Crippen LogP contribution in [0.3, 0.4) is 0 Å². The van der Waals surface area contributed by atoms with E-state index in [1.165, 1.54) is 25.0 Å². The van der Waals surface area contributed by atoms with Crippen LogP contribution in [0.25, 0.3) is 0 Å². The molecule has 1 atom stereocenters. The quantitative estimate of drug-likeness (QED) is 0.680. The molecule has 21 heavy (non-hydrogen) atoms. The van der Waals surface area contributed by atoms with E-state index in [1.807, 2.05) is 0 Å². The van der Waals surface area contributed by atoms with Crippen LogP contribution >= 0.6 is 11.8 Å². The van der Waals surface area contributed by atoms with Crippen molar-refractivity contribution in [1.82, 2.24) is 5.32 Å². The molecule has 1 aliphatic carbocycles.